The van der Waals surface area contributed by atoms with Gasteiger partial charge in [0.1, 0.15) is 0 Å². The second-order valence-electron chi connectivity index (χ2n) is 5.48. The summed E-state index contributed by atoms with van der Waals surface area (Å²) in [5.74, 6) is 0.314. The minimum absolute atomic E-state index is 0.140. The Morgan fingerprint density at radius 3 is 2.90 bits per heavy atom. The van der Waals surface area contributed by atoms with Crippen molar-refractivity contribution < 1.29 is 8.42 Å². The normalized spacial score (nSPS) is 27.9. The van der Waals surface area contributed by atoms with E-state index < -0.39 is 10.0 Å². The van der Waals surface area contributed by atoms with Crippen LogP contribution in [0.25, 0.3) is 0 Å². The fourth-order valence-corrected chi connectivity index (χ4v) is 5.58. The fourth-order valence-electron chi connectivity index (χ4n) is 3.09. The summed E-state index contributed by atoms with van der Waals surface area (Å²) < 4.78 is 25.7. The number of nitrogens with two attached hydrogens (primary N) is 1. The average Bonchev–Trinajstić information content (AvgIpc) is 2.95. The molecule has 3 heterocycles. The molecule has 2 fully saturated rings. The molecule has 1 aromatic heterocycles. The summed E-state index contributed by atoms with van der Waals surface area (Å²) in [5.41, 5.74) is 5.65. The lowest BCUT2D eigenvalue weighted by molar-refractivity contribution is 0.147. The van der Waals surface area contributed by atoms with Crippen LogP contribution >= 0.6 is 11.3 Å². The molecule has 0 bridgehead atoms. The molecule has 0 aromatic carbocycles. The summed E-state index contributed by atoms with van der Waals surface area (Å²) in [5, 5.41) is 0.593. The van der Waals surface area contributed by atoms with Crippen molar-refractivity contribution in [3.63, 3.8) is 0 Å². The van der Waals surface area contributed by atoms with E-state index in [-0.39, 0.29) is 6.04 Å². The van der Waals surface area contributed by atoms with E-state index in [9.17, 15) is 8.42 Å². The lowest BCUT2D eigenvalue weighted by Crippen LogP contribution is -2.48. The summed E-state index contributed by atoms with van der Waals surface area (Å²) in [6.45, 7) is 3.34. The molecule has 1 atom stereocenters. The van der Waals surface area contributed by atoms with Gasteiger partial charge in [0.25, 0.3) is 0 Å². The number of nitrogens with zero attached hydrogens (tertiary/aromatic N) is 3. The van der Waals surface area contributed by atoms with Crippen LogP contribution in [0.15, 0.2) is 6.20 Å². The van der Waals surface area contributed by atoms with Crippen LogP contribution in [0.4, 0.5) is 5.13 Å². The van der Waals surface area contributed by atoms with Crippen LogP contribution in [0, 0.1) is 0 Å². The van der Waals surface area contributed by atoms with Gasteiger partial charge in [-0.15, -0.1) is 11.3 Å². The van der Waals surface area contributed by atoms with Gasteiger partial charge in [0.2, 0.25) is 10.0 Å². The highest BCUT2D eigenvalue weighted by molar-refractivity contribution is 7.89. The standard InChI is InChI=1S/C12H20N4O2S2/c13-12-14-7-11(19-12)9-15-4-1-3-10(8-15)16-5-2-6-20(16,17)18/h7,10H,1-6,8-9H2,(H2,13,14). The highest BCUT2D eigenvalue weighted by Gasteiger charge is 2.36. The maximum absolute atomic E-state index is 12.0. The maximum atomic E-state index is 12.0. The third-order valence-corrected chi connectivity index (χ3v) is 6.79. The van der Waals surface area contributed by atoms with E-state index in [0.717, 1.165) is 43.8 Å². The molecule has 0 spiro atoms. The summed E-state index contributed by atoms with van der Waals surface area (Å²) in [6.07, 6.45) is 4.60. The maximum Gasteiger partial charge on any atom is 0.214 e. The first-order chi connectivity index (χ1) is 9.54. The highest BCUT2D eigenvalue weighted by atomic mass is 32.2. The minimum atomic E-state index is -3.00. The van der Waals surface area contributed by atoms with Gasteiger partial charge < -0.3 is 5.73 Å². The van der Waals surface area contributed by atoms with Crippen molar-refractivity contribution in [1.29, 1.82) is 0 Å². The Bertz CT molecular complexity index is 572. The number of rotatable bonds is 3. The molecule has 2 aliphatic rings. The molecule has 112 valence electrons. The van der Waals surface area contributed by atoms with E-state index in [1.165, 1.54) is 11.3 Å². The van der Waals surface area contributed by atoms with Crippen LogP contribution in [-0.4, -0.2) is 54.0 Å². The molecule has 0 radical (unpaired) electrons. The molecule has 2 saturated heterocycles. The van der Waals surface area contributed by atoms with Gasteiger partial charge in [-0.25, -0.2) is 13.4 Å². The van der Waals surface area contributed by atoms with E-state index in [1.54, 1.807) is 4.31 Å². The van der Waals surface area contributed by atoms with Gasteiger partial charge >= 0.3 is 0 Å². The van der Waals surface area contributed by atoms with Crippen molar-refractivity contribution >= 4 is 26.5 Å². The topological polar surface area (TPSA) is 79.5 Å². The van der Waals surface area contributed by atoms with Crippen LogP contribution < -0.4 is 5.73 Å². The fraction of sp³-hybridized carbons (Fsp3) is 0.750. The molecule has 3 rings (SSSR count). The van der Waals surface area contributed by atoms with Crippen LogP contribution in [0.3, 0.4) is 0 Å². The number of aromatic nitrogens is 1. The summed E-state index contributed by atoms with van der Waals surface area (Å²) in [6, 6.07) is 0.140. The van der Waals surface area contributed by atoms with Crippen LogP contribution in [-0.2, 0) is 16.6 Å². The molecule has 6 nitrogen and oxygen atoms in total. The van der Waals surface area contributed by atoms with Crippen molar-refractivity contribution in [1.82, 2.24) is 14.2 Å². The largest absolute Gasteiger partial charge is 0.375 e. The monoisotopic (exact) mass is 316 g/mol. The Kier molecular flexibility index (Phi) is 3.98. The summed E-state index contributed by atoms with van der Waals surface area (Å²) in [7, 11) is -3.00. The highest BCUT2D eigenvalue weighted by Crippen LogP contribution is 2.25. The Balaban J connectivity index is 1.64. The number of hydrogen-bond acceptors (Lipinski definition) is 6. The molecule has 0 amide bonds. The molecule has 2 N–H and O–H groups in total. The number of nitrogen functional groups attached to an aromatic ring is 1. The smallest absolute Gasteiger partial charge is 0.214 e. The van der Waals surface area contributed by atoms with E-state index in [4.69, 9.17) is 5.73 Å². The Morgan fingerprint density at radius 2 is 2.25 bits per heavy atom. The SMILES string of the molecule is Nc1ncc(CN2CCCC(N3CCCS3(=O)=O)C2)s1. The lowest BCUT2D eigenvalue weighted by Gasteiger charge is -2.36. The molecular formula is C12H20N4O2S2. The Morgan fingerprint density at radius 1 is 1.40 bits per heavy atom. The minimum Gasteiger partial charge on any atom is -0.375 e. The van der Waals surface area contributed by atoms with Gasteiger partial charge in [0, 0.05) is 36.8 Å². The van der Waals surface area contributed by atoms with Crippen LogP contribution in [0.2, 0.25) is 0 Å². The van der Waals surface area contributed by atoms with Crippen molar-refractivity contribution in [2.45, 2.75) is 31.8 Å². The first-order valence-electron chi connectivity index (χ1n) is 6.97. The molecular weight excluding hydrogens is 296 g/mol. The number of piperidine rings is 1. The number of likely N-dealkylation sites (tertiary alicyclic amines) is 1. The van der Waals surface area contributed by atoms with Gasteiger partial charge in [0.15, 0.2) is 5.13 Å². The van der Waals surface area contributed by atoms with E-state index in [1.807, 2.05) is 6.20 Å². The predicted molar refractivity (Wildman–Crippen MR) is 79.9 cm³/mol. The molecule has 2 aliphatic heterocycles. The van der Waals surface area contributed by atoms with E-state index in [2.05, 4.69) is 9.88 Å². The van der Waals surface area contributed by atoms with Gasteiger partial charge in [0.05, 0.1) is 5.75 Å². The number of anilines is 1. The molecule has 8 heteroatoms. The molecule has 0 saturated carbocycles. The van der Waals surface area contributed by atoms with Crippen LogP contribution in [0.5, 0.6) is 0 Å². The predicted octanol–water partition coefficient (Wildman–Crippen LogP) is 0.725. The van der Waals surface area contributed by atoms with E-state index in [0.29, 0.717) is 17.4 Å². The van der Waals surface area contributed by atoms with Gasteiger partial charge in [-0.3, -0.25) is 4.90 Å². The van der Waals surface area contributed by atoms with Crippen molar-refractivity contribution in [3.8, 4) is 0 Å². The zero-order chi connectivity index (χ0) is 14.2. The zero-order valence-electron chi connectivity index (χ0n) is 11.4. The third kappa shape index (κ3) is 2.98. The van der Waals surface area contributed by atoms with E-state index >= 15 is 0 Å². The second-order valence-corrected chi connectivity index (χ2v) is 8.66. The molecule has 1 aromatic rings. The second kappa shape index (κ2) is 5.59. The molecule has 20 heavy (non-hydrogen) atoms. The van der Waals surface area contributed by atoms with Gasteiger partial charge in [-0.05, 0) is 25.8 Å². The van der Waals surface area contributed by atoms with Gasteiger partial charge in [-0.2, -0.15) is 4.31 Å². The first-order valence-corrected chi connectivity index (χ1v) is 9.39. The molecule has 1 unspecified atom stereocenters. The number of sulfonamides is 1. The zero-order valence-corrected chi connectivity index (χ0v) is 13.0. The van der Waals surface area contributed by atoms with Crippen molar-refractivity contribution in [2.75, 3.05) is 31.1 Å². The summed E-state index contributed by atoms with van der Waals surface area (Å²) in [4.78, 5) is 7.53. The average molecular weight is 316 g/mol. The Labute approximate surface area is 123 Å². The lowest BCUT2D eigenvalue weighted by atomic mass is 10.1. The third-order valence-electron chi connectivity index (χ3n) is 3.98. The quantitative estimate of drug-likeness (QED) is 0.889. The first kappa shape index (κ1) is 14.2. The molecule has 0 aliphatic carbocycles. The Hall–Kier alpha value is -0.700. The number of hydrogen-bond donors (Lipinski definition) is 1. The van der Waals surface area contributed by atoms with Crippen molar-refractivity contribution in [3.05, 3.63) is 11.1 Å². The van der Waals surface area contributed by atoms with Gasteiger partial charge in [-0.1, -0.05) is 0 Å². The number of thiazole rings is 1. The van der Waals surface area contributed by atoms with Crippen molar-refractivity contribution in [2.24, 2.45) is 0 Å². The summed E-state index contributed by atoms with van der Waals surface area (Å²) >= 11 is 1.51. The van der Waals surface area contributed by atoms with Crippen LogP contribution in [0.1, 0.15) is 24.1 Å².